The quantitative estimate of drug-likeness (QED) is 0.703. The van der Waals surface area contributed by atoms with Crippen molar-refractivity contribution in [3.8, 4) is 0 Å². The highest BCUT2D eigenvalue weighted by molar-refractivity contribution is 5.99. The highest BCUT2D eigenvalue weighted by Gasteiger charge is 2.12. The van der Waals surface area contributed by atoms with Gasteiger partial charge in [-0.2, -0.15) is 0 Å². The van der Waals surface area contributed by atoms with Crippen LogP contribution in [0.1, 0.15) is 30.6 Å². The van der Waals surface area contributed by atoms with E-state index in [2.05, 4.69) is 17.6 Å². The molecule has 1 aromatic carbocycles. The third-order valence-corrected chi connectivity index (χ3v) is 2.39. The molecule has 0 saturated heterocycles. The van der Waals surface area contributed by atoms with Crippen molar-refractivity contribution >= 4 is 11.6 Å². The van der Waals surface area contributed by atoms with Crippen LogP contribution in [-0.2, 0) is 0 Å². The van der Waals surface area contributed by atoms with Crippen LogP contribution in [0.3, 0.4) is 0 Å². The zero-order valence-electron chi connectivity index (χ0n) is 10.4. The minimum atomic E-state index is -0.235. The van der Waals surface area contributed by atoms with E-state index in [4.69, 9.17) is 5.11 Å². The predicted molar refractivity (Wildman–Crippen MR) is 69.2 cm³/mol. The third kappa shape index (κ3) is 4.07. The van der Waals surface area contributed by atoms with Crippen molar-refractivity contribution in [1.29, 1.82) is 0 Å². The number of aliphatic hydroxyl groups is 1. The van der Waals surface area contributed by atoms with Crippen LogP contribution >= 0.6 is 0 Å². The molecule has 0 bridgehead atoms. The molecule has 1 amide bonds. The van der Waals surface area contributed by atoms with Crippen molar-refractivity contribution in [1.82, 2.24) is 5.32 Å². The van der Waals surface area contributed by atoms with Crippen LogP contribution in [-0.4, -0.2) is 30.2 Å². The van der Waals surface area contributed by atoms with Gasteiger partial charge in [-0.1, -0.05) is 19.1 Å². The fourth-order valence-corrected chi connectivity index (χ4v) is 1.44. The SMILES string of the molecule is CCCNc1ccccc1C(=O)N[C@H](C)CO. The first-order valence-corrected chi connectivity index (χ1v) is 5.93. The van der Waals surface area contributed by atoms with E-state index in [9.17, 15) is 4.79 Å². The monoisotopic (exact) mass is 236 g/mol. The van der Waals surface area contributed by atoms with E-state index in [-0.39, 0.29) is 18.6 Å². The minimum Gasteiger partial charge on any atom is -0.394 e. The summed E-state index contributed by atoms with van der Waals surface area (Å²) in [5, 5.41) is 14.9. The van der Waals surface area contributed by atoms with Crippen LogP contribution in [0.2, 0.25) is 0 Å². The molecule has 3 N–H and O–H groups in total. The number of para-hydroxylation sites is 1. The van der Waals surface area contributed by atoms with E-state index < -0.39 is 0 Å². The van der Waals surface area contributed by atoms with Gasteiger partial charge in [0.25, 0.3) is 5.91 Å². The molecule has 4 heteroatoms. The van der Waals surface area contributed by atoms with E-state index in [1.54, 1.807) is 13.0 Å². The van der Waals surface area contributed by atoms with Gasteiger partial charge in [0.2, 0.25) is 0 Å². The van der Waals surface area contributed by atoms with Crippen LogP contribution in [0.25, 0.3) is 0 Å². The lowest BCUT2D eigenvalue weighted by molar-refractivity contribution is 0.0923. The summed E-state index contributed by atoms with van der Waals surface area (Å²) in [5.41, 5.74) is 1.44. The molecule has 0 aliphatic rings. The molecule has 0 spiro atoms. The Labute approximate surface area is 102 Å². The summed E-state index contributed by atoms with van der Waals surface area (Å²) in [6.07, 6.45) is 1.00. The van der Waals surface area contributed by atoms with Crippen molar-refractivity contribution in [3.05, 3.63) is 29.8 Å². The first kappa shape index (κ1) is 13.5. The minimum absolute atomic E-state index is 0.0592. The summed E-state index contributed by atoms with van der Waals surface area (Å²) in [6, 6.07) is 7.15. The van der Waals surface area contributed by atoms with Crippen LogP contribution in [0, 0.1) is 0 Å². The number of benzene rings is 1. The topological polar surface area (TPSA) is 61.4 Å². The fraction of sp³-hybridized carbons (Fsp3) is 0.462. The summed E-state index contributed by atoms with van der Waals surface area (Å²) in [7, 11) is 0. The second-order valence-electron chi connectivity index (χ2n) is 4.03. The zero-order chi connectivity index (χ0) is 12.7. The fourth-order valence-electron chi connectivity index (χ4n) is 1.44. The molecule has 1 rings (SSSR count). The third-order valence-electron chi connectivity index (χ3n) is 2.39. The Balaban J connectivity index is 2.77. The predicted octanol–water partition coefficient (Wildman–Crippen LogP) is 1.62. The lowest BCUT2D eigenvalue weighted by Crippen LogP contribution is -2.35. The summed E-state index contributed by atoms with van der Waals surface area (Å²) >= 11 is 0. The Morgan fingerprint density at radius 1 is 1.41 bits per heavy atom. The number of hydrogen-bond donors (Lipinski definition) is 3. The lowest BCUT2D eigenvalue weighted by Gasteiger charge is -2.14. The van der Waals surface area contributed by atoms with Crippen LogP contribution < -0.4 is 10.6 Å². The van der Waals surface area contributed by atoms with Crippen LogP contribution in [0.5, 0.6) is 0 Å². The smallest absolute Gasteiger partial charge is 0.253 e. The van der Waals surface area contributed by atoms with Gasteiger partial charge in [0.05, 0.1) is 12.2 Å². The van der Waals surface area contributed by atoms with Gasteiger partial charge in [-0.25, -0.2) is 0 Å². The molecule has 0 fully saturated rings. The normalized spacial score (nSPS) is 11.9. The van der Waals surface area contributed by atoms with Crippen LogP contribution in [0.15, 0.2) is 24.3 Å². The average molecular weight is 236 g/mol. The van der Waals surface area contributed by atoms with Crippen molar-refractivity contribution in [3.63, 3.8) is 0 Å². The molecule has 0 saturated carbocycles. The van der Waals surface area contributed by atoms with E-state index in [1.807, 2.05) is 18.2 Å². The summed E-state index contributed by atoms with van der Waals surface area (Å²) in [4.78, 5) is 11.9. The molecule has 0 radical (unpaired) electrons. The van der Waals surface area contributed by atoms with Gasteiger partial charge in [-0.15, -0.1) is 0 Å². The Bertz CT molecular complexity index is 366. The lowest BCUT2D eigenvalue weighted by atomic mass is 10.1. The molecular formula is C13H20N2O2. The number of carbonyl (C=O) groups is 1. The largest absolute Gasteiger partial charge is 0.394 e. The van der Waals surface area contributed by atoms with Gasteiger partial charge in [0.1, 0.15) is 0 Å². The first-order valence-electron chi connectivity index (χ1n) is 5.93. The molecule has 17 heavy (non-hydrogen) atoms. The summed E-state index contributed by atoms with van der Waals surface area (Å²) < 4.78 is 0. The Hall–Kier alpha value is -1.55. The summed E-state index contributed by atoms with van der Waals surface area (Å²) in [6.45, 7) is 4.61. The van der Waals surface area contributed by atoms with Gasteiger partial charge in [-0.3, -0.25) is 4.79 Å². The first-order chi connectivity index (χ1) is 8.19. The van der Waals surface area contributed by atoms with Crippen molar-refractivity contribution in [2.75, 3.05) is 18.5 Å². The molecular weight excluding hydrogens is 216 g/mol. The van der Waals surface area contributed by atoms with Crippen LogP contribution in [0.4, 0.5) is 5.69 Å². The number of rotatable bonds is 6. The molecule has 0 aliphatic heterocycles. The van der Waals surface area contributed by atoms with Crippen molar-refractivity contribution < 1.29 is 9.90 Å². The Kier molecular flexibility index (Phi) is 5.49. The van der Waals surface area contributed by atoms with Gasteiger partial charge in [0, 0.05) is 18.3 Å². The van der Waals surface area contributed by atoms with Gasteiger partial charge >= 0.3 is 0 Å². The van der Waals surface area contributed by atoms with Crippen molar-refractivity contribution in [2.45, 2.75) is 26.3 Å². The number of carbonyl (C=O) groups excluding carboxylic acids is 1. The number of hydrogen-bond acceptors (Lipinski definition) is 3. The zero-order valence-corrected chi connectivity index (χ0v) is 10.4. The second-order valence-corrected chi connectivity index (χ2v) is 4.03. The van der Waals surface area contributed by atoms with E-state index in [0.717, 1.165) is 18.7 Å². The molecule has 1 atom stereocenters. The number of nitrogens with one attached hydrogen (secondary N) is 2. The van der Waals surface area contributed by atoms with E-state index >= 15 is 0 Å². The van der Waals surface area contributed by atoms with E-state index in [1.165, 1.54) is 0 Å². The highest BCUT2D eigenvalue weighted by atomic mass is 16.3. The molecule has 0 aliphatic carbocycles. The maximum Gasteiger partial charge on any atom is 0.253 e. The summed E-state index contributed by atoms with van der Waals surface area (Å²) in [5.74, 6) is -0.161. The number of anilines is 1. The standard InChI is InChI=1S/C13H20N2O2/c1-3-8-14-12-7-5-4-6-11(12)13(17)15-10(2)9-16/h4-7,10,14,16H,3,8-9H2,1-2H3,(H,15,17)/t10-/m1/s1. The molecule has 0 aromatic heterocycles. The Morgan fingerprint density at radius 2 is 2.12 bits per heavy atom. The Morgan fingerprint density at radius 3 is 2.76 bits per heavy atom. The van der Waals surface area contributed by atoms with Gasteiger partial charge < -0.3 is 15.7 Å². The molecule has 0 heterocycles. The second kappa shape index (κ2) is 6.91. The molecule has 0 unspecified atom stereocenters. The highest BCUT2D eigenvalue weighted by Crippen LogP contribution is 2.14. The maximum absolute atomic E-state index is 11.9. The van der Waals surface area contributed by atoms with Gasteiger partial charge in [0.15, 0.2) is 0 Å². The number of amides is 1. The molecule has 94 valence electrons. The van der Waals surface area contributed by atoms with E-state index in [0.29, 0.717) is 5.56 Å². The maximum atomic E-state index is 11.9. The molecule has 4 nitrogen and oxygen atoms in total. The average Bonchev–Trinajstić information content (AvgIpc) is 2.36. The number of aliphatic hydroxyl groups excluding tert-OH is 1. The van der Waals surface area contributed by atoms with Crippen molar-refractivity contribution in [2.24, 2.45) is 0 Å². The van der Waals surface area contributed by atoms with Gasteiger partial charge in [-0.05, 0) is 25.5 Å². The molecule has 1 aromatic rings.